The highest BCUT2D eigenvalue weighted by atomic mass is 16.9. The fourth-order valence-electron chi connectivity index (χ4n) is 1.03. The molecule has 0 aliphatic rings. The first kappa shape index (κ1) is 15.6. The minimum atomic E-state index is -0.830. The molecule has 0 rings (SSSR count). The SMILES string of the molecule is CC(C)(CN)CNC(=O)CCCCO[N+](=O)[O-]. The quantitative estimate of drug-likeness (QED) is 0.350. The van der Waals surface area contributed by atoms with Gasteiger partial charge in [-0.3, -0.25) is 4.79 Å². The van der Waals surface area contributed by atoms with Gasteiger partial charge >= 0.3 is 0 Å². The lowest BCUT2D eigenvalue weighted by Gasteiger charge is -2.22. The molecular formula is C10H21N3O4. The lowest BCUT2D eigenvalue weighted by molar-refractivity contribution is -0.757. The second-order valence-electron chi connectivity index (χ2n) is 4.66. The summed E-state index contributed by atoms with van der Waals surface area (Å²) in [5, 5.41) is 11.8. The second kappa shape index (κ2) is 7.83. The molecule has 0 saturated carbocycles. The van der Waals surface area contributed by atoms with Gasteiger partial charge in [0, 0.05) is 13.0 Å². The third-order valence-corrected chi connectivity index (χ3v) is 2.31. The van der Waals surface area contributed by atoms with Gasteiger partial charge in [-0.05, 0) is 24.8 Å². The molecule has 0 unspecified atom stereocenters. The molecule has 0 bridgehead atoms. The average Bonchev–Trinajstić information content (AvgIpc) is 2.26. The molecule has 7 heteroatoms. The van der Waals surface area contributed by atoms with Gasteiger partial charge in [-0.1, -0.05) is 13.8 Å². The zero-order valence-electron chi connectivity index (χ0n) is 10.4. The Balaban J connectivity index is 3.50. The predicted octanol–water partition coefficient (Wildman–Crippen LogP) is 0.466. The monoisotopic (exact) mass is 247 g/mol. The molecule has 0 aliphatic carbocycles. The van der Waals surface area contributed by atoms with E-state index >= 15 is 0 Å². The molecule has 3 N–H and O–H groups in total. The molecule has 7 nitrogen and oxygen atoms in total. The lowest BCUT2D eigenvalue weighted by Crippen LogP contribution is -2.38. The largest absolute Gasteiger partial charge is 0.356 e. The number of carbonyl (C=O) groups is 1. The summed E-state index contributed by atoms with van der Waals surface area (Å²) in [6.45, 7) is 5.02. The average molecular weight is 247 g/mol. The van der Waals surface area contributed by atoms with Crippen LogP contribution in [0, 0.1) is 15.5 Å². The van der Waals surface area contributed by atoms with Gasteiger partial charge < -0.3 is 15.9 Å². The van der Waals surface area contributed by atoms with Crippen LogP contribution in [0.15, 0.2) is 0 Å². The van der Waals surface area contributed by atoms with Crippen LogP contribution in [0.1, 0.15) is 33.1 Å². The van der Waals surface area contributed by atoms with E-state index in [0.29, 0.717) is 32.4 Å². The standard InChI is InChI=1S/C10H21N3O4/c1-10(2,7-11)8-12-9(14)5-3-4-6-17-13(15)16/h3-8,11H2,1-2H3,(H,12,14). The molecule has 0 saturated heterocycles. The summed E-state index contributed by atoms with van der Waals surface area (Å²) in [7, 11) is 0. The van der Waals surface area contributed by atoms with E-state index in [0.717, 1.165) is 0 Å². The number of hydrogen-bond donors (Lipinski definition) is 2. The molecule has 1 amide bonds. The van der Waals surface area contributed by atoms with Crippen molar-refractivity contribution in [1.29, 1.82) is 0 Å². The summed E-state index contributed by atoms with van der Waals surface area (Å²) in [5.74, 6) is -0.0624. The van der Waals surface area contributed by atoms with Crippen molar-refractivity contribution in [3.8, 4) is 0 Å². The van der Waals surface area contributed by atoms with E-state index in [9.17, 15) is 14.9 Å². The molecule has 0 spiro atoms. The van der Waals surface area contributed by atoms with Crippen LogP contribution in [-0.2, 0) is 9.63 Å². The van der Waals surface area contributed by atoms with Gasteiger partial charge in [-0.15, -0.1) is 10.1 Å². The normalized spacial score (nSPS) is 11.0. The van der Waals surface area contributed by atoms with Crippen LogP contribution < -0.4 is 11.1 Å². The molecule has 17 heavy (non-hydrogen) atoms. The summed E-state index contributed by atoms with van der Waals surface area (Å²) in [5.41, 5.74) is 5.42. The van der Waals surface area contributed by atoms with Crippen LogP contribution in [0.2, 0.25) is 0 Å². The highest BCUT2D eigenvalue weighted by Crippen LogP contribution is 2.10. The number of nitrogens with zero attached hydrogens (tertiary/aromatic N) is 1. The van der Waals surface area contributed by atoms with Crippen LogP contribution >= 0.6 is 0 Å². The maximum atomic E-state index is 11.4. The molecule has 0 aromatic rings. The summed E-state index contributed by atoms with van der Waals surface area (Å²) in [6.07, 6.45) is 1.42. The van der Waals surface area contributed by atoms with E-state index in [-0.39, 0.29) is 17.9 Å². The number of amides is 1. The van der Waals surface area contributed by atoms with E-state index in [1.807, 2.05) is 13.8 Å². The highest BCUT2D eigenvalue weighted by Gasteiger charge is 2.16. The van der Waals surface area contributed by atoms with Crippen molar-refractivity contribution in [1.82, 2.24) is 5.32 Å². The zero-order chi connectivity index (χ0) is 13.3. The Morgan fingerprint density at radius 2 is 2.12 bits per heavy atom. The Morgan fingerprint density at radius 1 is 1.47 bits per heavy atom. The number of rotatable bonds is 9. The van der Waals surface area contributed by atoms with Crippen molar-refractivity contribution in [2.24, 2.45) is 11.1 Å². The molecule has 0 atom stereocenters. The van der Waals surface area contributed by atoms with Crippen LogP contribution in [0.5, 0.6) is 0 Å². The van der Waals surface area contributed by atoms with Crippen molar-refractivity contribution >= 4 is 5.91 Å². The number of unbranched alkanes of at least 4 members (excludes halogenated alkanes) is 1. The predicted molar refractivity (Wildman–Crippen MR) is 62.6 cm³/mol. The maximum Gasteiger partial charge on any atom is 0.294 e. The number of carbonyl (C=O) groups excluding carboxylic acids is 1. The van der Waals surface area contributed by atoms with Gasteiger partial charge in [-0.2, -0.15) is 0 Å². The Morgan fingerprint density at radius 3 is 2.65 bits per heavy atom. The van der Waals surface area contributed by atoms with E-state index in [1.165, 1.54) is 0 Å². The minimum absolute atomic E-state index is 0.0363. The smallest absolute Gasteiger partial charge is 0.294 e. The van der Waals surface area contributed by atoms with E-state index in [2.05, 4.69) is 10.2 Å². The molecule has 0 radical (unpaired) electrons. The molecule has 0 fully saturated rings. The first-order chi connectivity index (χ1) is 7.87. The Labute approximate surface area is 101 Å². The fourth-order valence-corrected chi connectivity index (χ4v) is 1.03. The zero-order valence-corrected chi connectivity index (χ0v) is 10.4. The van der Waals surface area contributed by atoms with Crippen LogP contribution in [0.4, 0.5) is 0 Å². The van der Waals surface area contributed by atoms with Crippen molar-refractivity contribution in [2.45, 2.75) is 33.1 Å². The number of nitrogens with two attached hydrogens (primary N) is 1. The van der Waals surface area contributed by atoms with Crippen molar-refractivity contribution in [3.05, 3.63) is 10.1 Å². The molecular weight excluding hydrogens is 226 g/mol. The van der Waals surface area contributed by atoms with Gasteiger partial charge in [-0.25, -0.2) is 0 Å². The third-order valence-electron chi connectivity index (χ3n) is 2.31. The van der Waals surface area contributed by atoms with Gasteiger partial charge in [0.15, 0.2) is 0 Å². The Hall–Kier alpha value is -1.37. The van der Waals surface area contributed by atoms with Crippen molar-refractivity contribution in [2.75, 3.05) is 19.7 Å². The molecule has 0 aromatic carbocycles. The number of hydrogen-bond acceptors (Lipinski definition) is 5. The van der Waals surface area contributed by atoms with Gasteiger partial charge in [0.2, 0.25) is 5.91 Å². The number of nitrogens with one attached hydrogen (secondary N) is 1. The maximum absolute atomic E-state index is 11.4. The summed E-state index contributed by atoms with van der Waals surface area (Å²) in [6, 6.07) is 0. The molecule has 100 valence electrons. The van der Waals surface area contributed by atoms with Crippen LogP contribution in [-0.4, -0.2) is 30.7 Å². The second-order valence-corrected chi connectivity index (χ2v) is 4.66. The highest BCUT2D eigenvalue weighted by molar-refractivity contribution is 5.75. The Kier molecular flexibility index (Phi) is 7.20. The van der Waals surface area contributed by atoms with E-state index in [4.69, 9.17) is 5.73 Å². The molecule has 0 aliphatic heterocycles. The first-order valence-corrected chi connectivity index (χ1v) is 5.61. The topological polar surface area (TPSA) is 107 Å². The van der Waals surface area contributed by atoms with Gasteiger partial charge in [0.1, 0.15) is 0 Å². The van der Waals surface area contributed by atoms with Gasteiger partial charge in [0.05, 0.1) is 6.61 Å². The first-order valence-electron chi connectivity index (χ1n) is 5.61. The van der Waals surface area contributed by atoms with E-state index in [1.54, 1.807) is 0 Å². The van der Waals surface area contributed by atoms with Gasteiger partial charge in [0.25, 0.3) is 5.09 Å². The minimum Gasteiger partial charge on any atom is -0.356 e. The Bertz CT molecular complexity index is 256. The summed E-state index contributed by atoms with van der Waals surface area (Å²) < 4.78 is 0. The lowest BCUT2D eigenvalue weighted by atomic mass is 9.94. The fraction of sp³-hybridized carbons (Fsp3) is 0.900. The molecule has 0 aromatic heterocycles. The van der Waals surface area contributed by atoms with Crippen molar-refractivity contribution < 1.29 is 14.7 Å². The summed E-state index contributed by atoms with van der Waals surface area (Å²) >= 11 is 0. The van der Waals surface area contributed by atoms with Crippen LogP contribution in [0.25, 0.3) is 0 Å². The van der Waals surface area contributed by atoms with E-state index < -0.39 is 5.09 Å². The summed E-state index contributed by atoms with van der Waals surface area (Å²) in [4.78, 5) is 25.3. The van der Waals surface area contributed by atoms with Crippen LogP contribution in [0.3, 0.4) is 0 Å². The van der Waals surface area contributed by atoms with Crippen molar-refractivity contribution in [3.63, 3.8) is 0 Å². The molecule has 0 heterocycles. The third kappa shape index (κ3) is 9.55.